The maximum absolute atomic E-state index is 12.1. The fraction of sp³-hybridized carbons (Fsp3) is 0.176. The third-order valence-corrected chi connectivity index (χ3v) is 2.87. The van der Waals surface area contributed by atoms with E-state index in [0.29, 0.717) is 0 Å². The van der Waals surface area contributed by atoms with E-state index in [9.17, 15) is 4.79 Å². The third-order valence-electron chi connectivity index (χ3n) is 2.87. The van der Waals surface area contributed by atoms with Gasteiger partial charge in [0.25, 0.3) is 0 Å². The molecule has 0 bridgehead atoms. The topological polar surface area (TPSA) is 17.1 Å². The summed E-state index contributed by atoms with van der Waals surface area (Å²) >= 11 is 0. The lowest BCUT2D eigenvalue weighted by atomic mass is 9.86. The summed E-state index contributed by atoms with van der Waals surface area (Å²) in [5.74, 6) is 0.0714. The fourth-order valence-corrected chi connectivity index (χ4v) is 1.84. The van der Waals surface area contributed by atoms with Crippen molar-refractivity contribution in [3.63, 3.8) is 0 Å². The average molecular weight is 237 g/mol. The van der Waals surface area contributed by atoms with Crippen LogP contribution in [0, 0.1) is 12.3 Å². The predicted octanol–water partition coefficient (Wildman–Crippen LogP) is 4.40. The Kier molecular flexibility index (Phi) is 3.33. The molecule has 0 amide bonds. The molecule has 0 saturated heterocycles. The number of rotatable bonds is 3. The monoisotopic (exact) mass is 237 g/mol. The van der Waals surface area contributed by atoms with E-state index in [1.54, 1.807) is 0 Å². The summed E-state index contributed by atoms with van der Waals surface area (Å²) in [6, 6.07) is 17.8. The Morgan fingerprint density at radius 2 is 1.39 bits per heavy atom. The number of hydrogen-bond donors (Lipinski definition) is 0. The minimum Gasteiger partial charge on any atom is -0.294 e. The van der Waals surface area contributed by atoms with Gasteiger partial charge in [-0.2, -0.15) is 0 Å². The van der Waals surface area contributed by atoms with Crippen LogP contribution >= 0.6 is 0 Å². The Morgan fingerprint density at radius 1 is 0.889 bits per heavy atom. The first-order valence-electron chi connectivity index (χ1n) is 6.04. The second-order valence-corrected chi connectivity index (χ2v) is 5.16. The van der Waals surface area contributed by atoms with Gasteiger partial charge in [-0.15, -0.1) is 0 Å². The van der Waals surface area contributed by atoms with E-state index in [1.807, 2.05) is 56.3 Å². The van der Waals surface area contributed by atoms with E-state index in [-0.39, 0.29) is 5.78 Å². The van der Waals surface area contributed by atoms with E-state index in [4.69, 9.17) is 0 Å². The molecule has 2 rings (SSSR count). The number of carbonyl (C=O) groups is 1. The van der Waals surface area contributed by atoms with Gasteiger partial charge in [0.2, 0.25) is 0 Å². The third kappa shape index (κ3) is 2.67. The number of benzene rings is 2. The van der Waals surface area contributed by atoms with Gasteiger partial charge in [0.1, 0.15) is 0 Å². The van der Waals surface area contributed by atoms with Crippen molar-refractivity contribution in [1.82, 2.24) is 0 Å². The van der Waals surface area contributed by atoms with Crippen molar-refractivity contribution in [2.24, 2.45) is 5.41 Å². The molecule has 0 N–H and O–H groups in total. The molecule has 0 heterocycles. The van der Waals surface area contributed by atoms with Crippen molar-refractivity contribution in [1.29, 1.82) is 0 Å². The summed E-state index contributed by atoms with van der Waals surface area (Å²) in [6.07, 6.45) is 0. The van der Waals surface area contributed by atoms with Gasteiger partial charge >= 0.3 is 0 Å². The predicted molar refractivity (Wildman–Crippen MR) is 75.3 cm³/mol. The van der Waals surface area contributed by atoms with E-state index >= 15 is 0 Å². The second-order valence-electron chi connectivity index (χ2n) is 5.16. The maximum atomic E-state index is 12.1. The fourth-order valence-electron chi connectivity index (χ4n) is 1.84. The van der Waals surface area contributed by atoms with Crippen molar-refractivity contribution in [2.75, 3.05) is 0 Å². The maximum Gasteiger partial charge on any atom is 0.168 e. The van der Waals surface area contributed by atoms with Crippen LogP contribution in [-0.4, -0.2) is 5.78 Å². The van der Waals surface area contributed by atoms with Crippen LogP contribution in [0.2, 0.25) is 0 Å². The highest BCUT2D eigenvalue weighted by Gasteiger charge is 2.22. The zero-order valence-electron chi connectivity index (χ0n) is 10.8. The van der Waals surface area contributed by atoms with Gasteiger partial charge in [0, 0.05) is 11.0 Å². The van der Waals surface area contributed by atoms with Gasteiger partial charge in [-0.25, -0.2) is 0 Å². The first-order valence-corrected chi connectivity index (χ1v) is 6.04. The molecule has 18 heavy (non-hydrogen) atoms. The molecule has 1 heteroatoms. The highest BCUT2D eigenvalue weighted by atomic mass is 16.1. The van der Waals surface area contributed by atoms with Gasteiger partial charge in [-0.3, -0.25) is 4.79 Å². The molecule has 0 spiro atoms. The van der Waals surface area contributed by atoms with Gasteiger partial charge < -0.3 is 0 Å². The minimum absolute atomic E-state index is 0.0714. The summed E-state index contributed by atoms with van der Waals surface area (Å²) in [6.45, 7) is 7.55. The average Bonchev–Trinajstić information content (AvgIpc) is 2.38. The van der Waals surface area contributed by atoms with Crippen molar-refractivity contribution >= 4 is 5.78 Å². The number of carbonyl (C=O) groups excluding carboxylic acids is 1. The van der Waals surface area contributed by atoms with Crippen LogP contribution in [0.15, 0.2) is 54.6 Å². The van der Waals surface area contributed by atoms with Gasteiger partial charge in [0.05, 0.1) is 0 Å². The first kappa shape index (κ1) is 12.6. The van der Waals surface area contributed by atoms with E-state index in [1.165, 1.54) is 0 Å². The lowest BCUT2D eigenvalue weighted by Crippen LogP contribution is -2.20. The summed E-state index contributed by atoms with van der Waals surface area (Å²) in [5.41, 5.74) is 2.42. The molecule has 0 aliphatic carbocycles. The Hall–Kier alpha value is -1.89. The Balaban J connectivity index is 2.29. The first-order chi connectivity index (χ1) is 8.48. The molecule has 1 nitrogen and oxygen atoms in total. The lowest BCUT2D eigenvalue weighted by molar-refractivity contribution is 0.0883. The molecule has 0 aromatic heterocycles. The van der Waals surface area contributed by atoms with E-state index < -0.39 is 5.41 Å². The Bertz CT molecular complexity index is 530. The second kappa shape index (κ2) is 4.77. The van der Waals surface area contributed by atoms with Crippen LogP contribution in [-0.2, 0) is 0 Å². The molecule has 0 fully saturated rings. The molecule has 0 unspecified atom stereocenters. The molecule has 0 aliphatic heterocycles. The summed E-state index contributed by atoms with van der Waals surface area (Å²) < 4.78 is 0. The number of hydrogen-bond acceptors (Lipinski definition) is 1. The van der Waals surface area contributed by atoms with Crippen LogP contribution in [0.4, 0.5) is 0 Å². The Morgan fingerprint density at radius 3 is 1.89 bits per heavy atom. The normalized spacial score (nSPS) is 11.3. The molecule has 91 valence electrons. The summed E-state index contributed by atoms with van der Waals surface area (Å²) in [4.78, 5) is 12.1. The summed E-state index contributed by atoms with van der Waals surface area (Å²) in [7, 11) is 0. The molecule has 0 saturated carbocycles. The van der Waals surface area contributed by atoms with E-state index in [2.05, 4.69) is 19.1 Å². The highest BCUT2D eigenvalue weighted by molar-refractivity contribution is 6.00. The minimum atomic E-state index is -0.575. The van der Waals surface area contributed by atoms with Crippen LogP contribution in [0.25, 0.3) is 11.1 Å². The van der Waals surface area contributed by atoms with Gasteiger partial charge in [-0.05, 0) is 18.1 Å². The SMILES string of the molecule is [CH2]C(C)(C)C(=O)c1ccc(-c2ccccc2)cc1. The van der Waals surface area contributed by atoms with Crippen molar-refractivity contribution in [2.45, 2.75) is 13.8 Å². The van der Waals surface area contributed by atoms with Crippen LogP contribution in [0.5, 0.6) is 0 Å². The molecule has 0 atom stereocenters. The van der Waals surface area contributed by atoms with Crippen molar-refractivity contribution in [3.8, 4) is 11.1 Å². The smallest absolute Gasteiger partial charge is 0.168 e. The standard InChI is InChI=1S/C17H17O/c1-17(2,3)16(18)15-11-9-14(10-12-15)13-7-5-4-6-8-13/h4-12H,1H2,2-3H3. The number of ketones is 1. The number of Topliss-reactive ketones (excluding diaryl/α,β-unsaturated/α-hetero) is 1. The molecule has 0 aliphatic rings. The zero-order valence-corrected chi connectivity index (χ0v) is 10.8. The molecule has 2 aromatic rings. The van der Waals surface area contributed by atoms with Crippen LogP contribution in [0.1, 0.15) is 24.2 Å². The van der Waals surface area contributed by atoms with Gasteiger partial charge in [-0.1, -0.05) is 68.4 Å². The van der Waals surface area contributed by atoms with Crippen molar-refractivity contribution in [3.05, 3.63) is 67.1 Å². The molecule has 2 aromatic carbocycles. The van der Waals surface area contributed by atoms with Crippen LogP contribution < -0.4 is 0 Å². The largest absolute Gasteiger partial charge is 0.294 e. The lowest BCUT2D eigenvalue weighted by Gasteiger charge is -2.16. The van der Waals surface area contributed by atoms with E-state index in [0.717, 1.165) is 16.7 Å². The summed E-state index contributed by atoms with van der Waals surface area (Å²) in [5, 5.41) is 0. The molecular formula is C17H17O. The Labute approximate surface area is 108 Å². The van der Waals surface area contributed by atoms with Gasteiger partial charge in [0.15, 0.2) is 5.78 Å². The molecular weight excluding hydrogens is 220 g/mol. The van der Waals surface area contributed by atoms with Crippen molar-refractivity contribution < 1.29 is 4.79 Å². The zero-order chi connectivity index (χ0) is 13.2. The quantitative estimate of drug-likeness (QED) is 0.723. The molecule has 1 radical (unpaired) electrons. The highest BCUT2D eigenvalue weighted by Crippen LogP contribution is 2.23. The van der Waals surface area contributed by atoms with Crippen LogP contribution in [0.3, 0.4) is 0 Å².